The smallest absolute Gasteiger partial charge is 0.257 e. The predicted octanol–water partition coefficient (Wildman–Crippen LogP) is 3.67. The monoisotopic (exact) mass is 441 g/mol. The second-order valence-electron chi connectivity index (χ2n) is 6.60. The fraction of sp³-hybridized carbons (Fsp3) is 0.579. The molecule has 7 heteroatoms. The van der Waals surface area contributed by atoms with E-state index in [1.165, 1.54) is 19.3 Å². The first-order valence-corrected chi connectivity index (χ1v) is 10.4. The minimum absolute atomic E-state index is 0.191. The second kappa shape index (κ2) is 10.8. The molecule has 0 spiro atoms. The normalized spacial score (nSPS) is 15.0. The van der Waals surface area contributed by atoms with E-state index in [2.05, 4.69) is 40.1 Å². The van der Waals surface area contributed by atoms with E-state index in [9.17, 15) is 4.79 Å². The molecule has 1 aliphatic rings. The van der Waals surface area contributed by atoms with Gasteiger partial charge in [-0.3, -0.25) is 10.1 Å². The lowest BCUT2D eigenvalue weighted by molar-refractivity contribution is 0.0970. The molecule has 1 aromatic rings. The third kappa shape index (κ3) is 6.52. The predicted molar refractivity (Wildman–Crippen MR) is 113 cm³/mol. The van der Waals surface area contributed by atoms with Crippen LogP contribution in [0.15, 0.2) is 22.7 Å². The van der Waals surface area contributed by atoms with Gasteiger partial charge in [-0.15, -0.1) is 0 Å². The number of hydrogen-bond acceptors (Lipinski definition) is 4. The van der Waals surface area contributed by atoms with E-state index in [1.807, 2.05) is 11.0 Å². The number of halogens is 1. The molecule has 2 rings (SSSR count). The molecule has 1 aliphatic heterocycles. The van der Waals surface area contributed by atoms with Crippen molar-refractivity contribution in [3.8, 4) is 5.75 Å². The fourth-order valence-electron chi connectivity index (χ4n) is 2.73. The summed E-state index contributed by atoms with van der Waals surface area (Å²) in [6, 6.07) is 5.38. The number of hydrogen-bond donors (Lipinski definition) is 1. The van der Waals surface area contributed by atoms with Crippen molar-refractivity contribution in [3.05, 3.63) is 28.2 Å². The van der Waals surface area contributed by atoms with Gasteiger partial charge in [0, 0.05) is 31.7 Å². The number of likely N-dealkylation sites (N-methyl/N-ethyl adjacent to an activating group) is 1. The SMILES string of the molecule is CCCCCCOc1ccc(C(=O)NC(=S)N2CCN(C)CC2)cc1Br. The summed E-state index contributed by atoms with van der Waals surface area (Å²) in [4.78, 5) is 16.7. The highest BCUT2D eigenvalue weighted by Crippen LogP contribution is 2.26. The van der Waals surface area contributed by atoms with Gasteiger partial charge in [-0.05, 0) is 59.8 Å². The average Bonchev–Trinajstić information content (AvgIpc) is 2.63. The number of ether oxygens (including phenoxy) is 1. The first-order valence-electron chi connectivity index (χ1n) is 9.22. The molecule has 1 aromatic carbocycles. The van der Waals surface area contributed by atoms with Crippen molar-refractivity contribution in [2.45, 2.75) is 32.6 Å². The van der Waals surface area contributed by atoms with Gasteiger partial charge in [-0.25, -0.2) is 0 Å². The van der Waals surface area contributed by atoms with Crippen molar-refractivity contribution < 1.29 is 9.53 Å². The lowest BCUT2D eigenvalue weighted by atomic mass is 10.2. The lowest BCUT2D eigenvalue weighted by Gasteiger charge is -2.33. The van der Waals surface area contributed by atoms with Crippen LogP contribution in [0.25, 0.3) is 0 Å². The standard InChI is InChI=1S/C19H28BrN3O2S/c1-3-4-5-6-13-25-17-8-7-15(14-16(17)20)18(24)21-19(26)23-11-9-22(2)10-12-23/h7-8,14H,3-6,9-13H2,1-2H3,(H,21,24,26). The van der Waals surface area contributed by atoms with E-state index in [0.717, 1.165) is 42.8 Å². The first-order chi connectivity index (χ1) is 12.5. The molecule has 144 valence electrons. The van der Waals surface area contributed by atoms with E-state index in [1.54, 1.807) is 12.1 Å². The number of thiocarbonyl (C=S) groups is 1. The number of amides is 1. The van der Waals surface area contributed by atoms with Gasteiger partial charge in [0.1, 0.15) is 5.75 Å². The lowest BCUT2D eigenvalue weighted by Crippen LogP contribution is -2.51. The van der Waals surface area contributed by atoms with Crippen molar-refractivity contribution >= 4 is 39.2 Å². The maximum atomic E-state index is 12.5. The summed E-state index contributed by atoms with van der Waals surface area (Å²) in [5.74, 6) is 0.573. The summed E-state index contributed by atoms with van der Waals surface area (Å²) in [6.07, 6.45) is 4.67. The Balaban J connectivity index is 1.85. The van der Waals surface area contributed by atoms with Gasteiger partial charge in [0.25, 0.3) is 5.91 Å². The molecule has 1 N–H and O–H groups in total. The zero-order valence-corrected chi connectivity index (χ0v) is 18.0. The maximum Gasteiger partial charge on any atom is 0.257 e. The largest absolute Gasteiger partial charge is 0.492 e. The van der Waals surface area contributed by atoms with Crippen LogP contribution in [0.5, 0.6) is 5.75 Å². The molecule has 1 amide bonds. The van der Waals surface area contributed by atoms with E-state index < -0.39 is 0 Å². The molecule has 0 bridgehead atoms. The zero-order valence-electron chi connectivity index (χ0n) is 15.6. The number of carbonyl (C=O) groups excluding carboxylic acids is 1. The van der Waals surface area contributed by atoms with Gasteiger partial charge >= 0.3 is 0 Å². The van der Waals surface area contributed by atoms with Crippen molar-refractivity contribution in [3.63, 3.8) is 0 Å². The van der Waals surface area contributed by atoms with E-state index in [0.29, 0.717) is 17.3 Å². The number of unbranched alkanes of at least 4 members (excludes halogenated alkanes) is 3. The Bertz CT molecular complexity index is 619. The molecular weight excluding hydrogens is 414 g/mol. The van der Waals surface area contributed by atoms with Crippen molar-refractivity contribution in [1.29, 1.82) is 0 Å². The molecule has 0 aromatic heterocycles. The van der Waals surface area contributed by atoms with Crippen molar-refractivity contribution in [2.75, 3.05) is 39.8 Å². The maximum absolute atomic E-state index is 12.5. The zero-order chi connectivity index (χ0) is 18.9. The number of nitrogens with zero attached hydrogens (tertiary/aromatic N) is 2. The highest BCUT2D eigenvalue weighted by atomic mass is 79.9. The van der Waals surface area contributed by atoms with Crippen LogP contribution in [-0.4, -0.2) is 60.7 Å². The van der Waals surface area contributed by atoms with Gasteiger partial charge in [-0.2, -0.15) is 0 Å². The van der Waals surface area contributed by atoms with Gasteiger partial charge in [0.2, 0.25) is 0 Å². The minimum Gasteiger partial charge on any atom is -0.492 e. The first kappa shape index (κ1) is 21.1. The summed E-state index contributed by atoms with van der Waals surface area (Å²) in [5.41, 5.74) is 0.562. The van der Waals surface area contributed by atoms with Crippen LogP contribution in [0.4, 0.5) is 0 Å². The molecule has 1 heterocycles. The van der Waals surface area contributed by atoms with Crippen LogP contribution in [0.2, 0.25) is 0 Å². The molecular formula is C19H28BrN3O2S. The Morgan fingerprint density at radius 2 is 1.96 bits per heavy atom. The highest BCUT2D eigenvalue weighted by molar-refractivity contribution is 9.10. The third-order valence-corrected chi connectivity index (χ3v) is 5.44. The molecule has 0 radical (unpaired) electrons. The summed E-state index contributed by atoms with van der Waals surface area (Å²) in [7, 11) is 2.09. The van der Waals surface area contributed by atoms with Crippen LogP contribution < -0.4 is 10.1 Å². The van der Waals surface area contributed by atoms with E-state index >= 15 is 0 Å². The van der Waals surface area contributed by atoms with Crippen LogP contribution in [0, 0.1) is 0 Å². The van der Waals surface area contributed by atoms with Crippen LogP contribution in [-0.2, 0) is 0 Å². The molecule has 1 fully saturated rings. The highest BCUT2D eigenvalue weighted by Gasteiger charge is 2.18. The second-order valence-corrected chi connectivity index (χ2v) is 7.84. The van der Waals surface area contributed by atoms with Crippen LogP contribution in [0.1, 0.15) is 43.0 Å². The Morgan fingerprint density at radius 3 is 2.62 bits per heavy atom. The van der Waals surface area contributed by atoms with Crippen LogP contribution >= 0.6 is 28.1 Å². The average molecular weight is 442 g/mol. The summed E-state index contributed by atoms with van der Waals surface area (Å²) in [6.45, 7) is 6.46. The third-order valence-electron chi connectivity index (χ3n) is 4.46. The molecule has 5 nitrogen and oxygen atoms in total. The molecule has 0 atom stereocenters. The Hall–Kier alpha value is -1.18. The molecule has 1 saturated heterocycles. The molecule has 0 unspecified atom stereocenters. The van der Waals surface area contributed by atoms with E-state index in [-0.39, 0.29) is 5.91 Å². The number of nitrogens with one attached hydrogen (secondary N) is 1. The number of piperazine rings is 1. The van der Waals surface area contributed by atoms with Gasteiger partial charge in [0.15, 0.2) is 5.11 Å². The van der Waals surface area contributed by atoms with Crippen molar-refractivity contribution in [2.24, 2.45) is 0 Å². The number of carbonyl (C=O) groups is 1. The number of benzene rings is 1. The topological polar surface area (TPSA) is 44.8 Å². The summed E-state index contributed by atoms with van der Waals surface area (Å²) >= 11 is 8.87. The summed E-state index contributed by atoms with van der Waals surface area (Å²) in [5, 5.41) is 3.33. The van der Waals surface area contributed by atoms with Crippen molar-refractivity contribution in [1.82, 2.24) is 15.1 Å². The quantitative estimate of drug-likeness (QED) is 0.516. The molecule has 26 heavy (non-hydrogen) atoms. The van der Waals surface area contributed by atoms with Crippen LogP contribution in [0.3, 0.4) is 0 Å². The fourth-order valence-corrected chi connectivity index (χ4v) is 3.50. The molecule has 0 aliphatic carbocycles. The van der Waals surface area contributed by atoms with E-state index in [4.69, 9.17) is 17.0 Å². The summed E-state index contributed by atoms with van der Waals surface area (Å²) < 4.78 is 6.57. The Labute approximate surface area is 170 Å². The van der Waals surface area contributed by atoms with Gasteiger partial charge < -0.3 is 14.5 Å². The Kier molecular flexibility index (Phi) is 8.81. The number of rotatable bonds is 7. The van der Waals surface area contributed by atoms with Gasteiger partial charge in [-0.1, -0.05) is 26.2 Å². The minimum atomic E-state index is -0.191. The molecule has 0 saturated carbocycles. The van der Waals surface area contributed by atoms with Gasteiger partial charge in [0.05, 0.1) is 11.1 Å². The Morgan fingerprint density at radius 1 is 1.23 bits per heavy atom.